The van der Waals surface area contributed by atoms with Gasteiger partial charge < -0.3 is 15.2 Å². The Morgan fingerprint density at radius 2 is 1.94 bits per heavy atom. The van der Waals surface area contributed by atoms with Gasteiger partial charge in [0.05, 0.1) is 18.8 Å². The van der Waals surface area contributed by atoms with Gasteiger partial charge in [0, 0.05) is 25.6 Å². The lowest BCUT2D eigenvalue weighted by Gasteiger charge is -2.32. The van der Waals surface area contributed by atoms with E-state index < -0.39 is 6.10 Å². The lowest BCUT2D eigenvalue weighted by Crippen LogP contribution is -2.36. The van der Waals surface area contributed by atoms with E-state index in [0.29, 0.717) is 6.54 Å². The molecule has 2 aromatic carbocycles. The van der Waals surface area contributed by atoms with Crippen molar-refractivity contribution in [3.63, 3.8) is 0 Å². The minimum absolute atomic E-state index is 0.0252. The van der Waals surface area contributed by atoms with Gasteiger partial charge in [0.2, 0.25) is 5.91 Å². The largest absolute Gasteiger partial charge is 0.493 e. The third kappa shape index (κ3) is 5.00. The molecule has 2 aromatic rings. The molecule has 32 heavy (non-hydrogen) atoms. The fourth-order valence-corrected chi connectivity index (χ4v) is 4.64. The number of ether oxygens (including phenoxy) is 1. The van der Waals surface area contributed by atoms with E-state index in [1.165, 1.54) is 30.4 Å². The first kappa shape index (κ1) is 21.5. The average Bonchev–Trinajstić information content (AvgIpc) is 3.56. The Morgan fingerprint density at radius 1 is 1.16 bits per heavy atom. The SMILES string of the molecule is C[C@H](NC(=O)C1CCC1)c1ccc(CN2Cc3ccc(OCC4CC4)cc3C(O)C2)cc1. The Morgan fingerprint density at radius 3 is 2.62 bits per heavy atom. The van der Waals surface area contributed by atoms with E-state index in [0.717, 1.165) is 55.3 Å². The van der Waals surface area contributed by atoms with Crippen molar-refractivity contribution in [1.82, 2.24) is 10.2 Å². The second-order valence-corrected chi connectivity index (χ2v) is 9.90. The third-order valence-electron chi connectivity index (χ3n) is 7.20. The Bertz CT molecular complexity index is 950. The minimum Gasteiger partial charge on any atom is -0.493 e. The van der Waals surface area contributed by atoms with Crippen LogP contribution in [0.15, 0.2) is 42.5 Å². The highest BCUT2D eigenvalue weighted by atomic mass is 16.5. The second-order valence-electron chi connectivity index (χ2n) is 9.90. The first-order valence-electron chi connectivity index (χ1n) is 12.1. The van der Waals surface area contributed by atoms with Gasteiger partial charge in [-0.2, -0.15) is 0 Å². The fraction of sp³-hybridized carbons (Fsp3) is 0.519. The van der Waals surface area contributed by atoms with Crippen LogP contribution in [-0.4, -0.2) is 29.1 Å². The number of carbonyl (C=O) groups excluding carboxylic acids is 1. The monoisotopic (exact) mass is 434 g/mol. The molecule has 0 saturated heterocycles. The first-order chi connectivity index (χ1) is 15.5. The topological polar surface area (TPSA) is 61.8 Å². The molecule has 0 bridgehead atoms. The van der Waals surface area contributed by atoms with Gasteiger partial charge in [-0.1, -0.05) is 36.8 Å². The van der Waals surface area contributed by atoms with Crippen LogP contribution in [0.5, 0.6) is 5.75 Å². The van der Waals surface area contributed by atoms with E-state index >= 15 is 0 Å². The highest BCUT2D eigenvalue weighted by molar-refractivity contribution is 5.79. The molecule has 0 radical (unpaired) electrons. The molecule has 5 nitrogen and oxygen atoms in total. The lowest BCUT2D eigenvalue weighted by molar-refractivity contribution is -0.128. The number of nitrogens with one attached hydrogen (secondary N) is 1. The number of hydrogen-bond donors (Lipinski definition) is 2. The number of amides is 1. The highest BCUT2D eigenvalue weighted by Gasteiger charge is 2.27. The number of carbonyl (C=O) groups is 1. The van der Waals surface area contributed by atoms with Crippen LogP contribution in [0.3, 0.4) is 0 Å². The minimum atomic E-state index is -0.496. The smallest absolute Gasteiger partial charge is 0.223 e. The van der Waals surface area contributed by atoms with Crippen LogP contribution in [-0.2, 0) is 17.9 Å². The van der Waals surface area contributed by atoms with Crippen molar-refractivity contribution in [3.05, 3.63) is 64.7 Å². The van der Waals surface area contributed by atoms with E-state index in [2.05, 4.69) is 40.5 Å². The summed E-state index contributed by atoms with van der Waals surface area (Å²) in [5.41, 5.74) is 4.52. The summed E-state index contributed by atoms with van der Waals surface area (Å²) in [6, 6.07) is 14.7. The molecular formula is C27H34N2O3. The maximum absolute atomic E-state index is 12.2. The van der Waals surface area contributed by atoms with Gasteiger partial charge in [0.25, 0.3) is 0 Å². The molecule has 3 aliphatic rings. The molecule has 0 aromatic heterocycles. The lowest BCUT2D eigenvalue weighted by atomic mass is 9.84. The molecule has 2 N–H and O–H groups in total. The number of aliphatic hydroxyl groups excluding tert-OH is 1. The fourth-order valence-electron chi connectivity index (χ4n) is 4.64. The summed E-state index contributed by atoms with van der Waals surface area (Å²) in [5, 5.41) is 13.9. The molecular weight excluding hydrogens is 400 g/mol. The molecule has 170 valence electrons. The summed E-state index contributed by atoms with van der Waals surface area (Å²) in [6.07, 6.45) is 5.28. The molecule has 2 saturated carbocycles. The molecule has 0 spiro atoms. The number of benzene rings is 2. The van der Waals surface area contributed by atoms with Crippen molar-refractivity contribution < 1.29 is 14.6 Å². The van der Waals surface area contributed by atoms with Gasteiger partial charge in [-0.05, 0) is 72.9 Å². The molecule has 2 fully saturated rings. The number of aliphatic hydroxyl groups is 1. The van der Waals surface area contributed by atoms with E-state index in [9.17, 15) is 9.90 Å². The van der Waals surface area contributed by atoms with Crippen molar-refractivity contribution in [2.75, 3.05) is 13.2 Å². The maximum atomic E-state index is 12.2. The van der Waals surface area contributed by atoms with Crippen LogP contribution in [0.4, 0.5) is 0 Å². The molecule has 5 rings (SSSR count). The van der Waals surface area contributed by atoms with Gasteiger partial charge in [-0.25, -0.2) is 0 Å². The summed E-state index contributed by atoms with van der Waals surface area (Å²) in [7, 11) is 0. The Balaban J connectivity index is 1.17. The molecule has 1 unspecified atom stereocenters. The third-order valence-corrected chi connectivity index (χ3v) is 7.20. The average molecular weight is 435 g/mol. The van der Waals surface area contributed by atoms with Gasteiger partial charge in [0.15, 0.2) is 0 Å². The molecule has 1 heterocycles. The molecule has 2 atom stereocenters. The van der Waals surface area contributed by atoms with E-state index in [1.54, 1.807) is 0 Å². The standard InChI is InChI=1S/C27H34N2O3/c1-18(28-27(31)22-3-2-4-22)21-9-7-19(8-10-21)14-29-15-23-11-12-24(32-17-20-5-6-20)13-25(23)26(30)16-29/h7-13,18,20,22,26,30H,2-6,14-17H2,1H3,(H,28,31)/t18-,26?/m0/s1. The first-order valence-corrected chi connectivity index (χ1v) is 12.1. The maximum Gasteiger partial charge on any atom is 0.223 e. The Labute approximate surface area is 190 Å². The number of rotatable bonds is 8. The summed E-state index contributed by atoms with van der Waals surface area (Å²) < 4.78 is 5.89. The number of fused-ring (bicyclic) bond motifs is 1. The zero-order valence-corrected chi connectivity index (χ0v) is 18.9. The van der Waals surface area contributed by atoms with Gasteiger partial charge in [0.1, 0.15) is 5.75 Å². The predicted octanol–water partition coefficient (Wildman–Crippen LogP) is 4.50. The molecule has 5 heteroatoms. The van der Waals surface area contributed by atoms with Gasteiger partial charge in [-0.15, -0.1) is 0 Å². The highest BCUT2D eigenvalue weighted by Crippen LogP contribution is 2.33. The van der Waals surface area contributed by atoms with Crippen molar-refractivity contribution >= 4 is 5.91 Å². The number of hydrogen-bond acceptors (Lipinski definition) is 4. The number of nitrogens with zero attached hydrogens (tertiary/aromatic N) is 1. The predicted molar refractivity (Wildman–Crippen MR) is 124 cm³/mol. The Kier molecular flexibility index (Phi) is 6.20. The molecule has 2 aliphatic carbocycles. The van der Waals surface area contributed by atoms with E-state index in [1.807, 2.05) is 19.1 Å². The van der Waals surface area contributed by atoms with Crippen LogP contribution in [0, 0.1) is 11.8 Å². The van der Waals surface area contributed by atoms with E-state index in [-0.39, 0.29) is 17.9 Å². The van der Waals surface area contributed by atoms with Crippen LogP contribution in [0.25, 0.3) is 0 Å². The zero-order valence-electron chi connectivity index (χ0n) is 18.9. The van der Waals surface area contributed by atoms with Crippen LogP contribution in [0.1, 0.15) is 73.4 Å². The van der Waals surface area contributed by atoms with Crippen molar-refractivity contribution in [2.24, 2.45) is 11.8 Å². The molecule has 1 aliphatic heterocycles. The normalized spacial score (nSPS) is 22.0. The van der Waals surface area contributed by atoms with Crippen molar-refractivity contribution in [1.29, 1.82) is 0 Å². The second kappa shape index (κ2) is 9.24. The van der Waals surface area contributed by atoms with Gasteiger partial charge >= 0.3 is 0 Å². The summed E-state index contributed by atoms with van der Waals surface area (Å²) in [6.45, 7) is 5.07. The van der Waals surface area contributed by atoms with Gasteiger partial charge in [-0.3, -0.25) is 9.69 Å². The van der Waals surface area contributed by atoms with Crippen molar-refractivity contribution in [3.8, 4) is 5.75 Å². The zero-order chi connectivity index (χ0) is 22.1. The summed E-state index contributed by atoms with van der Waals surface area (Å²) in [5.74, 6) is 2.00. The number of β-amino-alcohol motifs (C(OH)–C–C–N with tert-alkyl or cyclic N) is 1. The van der Waals surface area contributed by atoms with Crippen LogP contribution in [0.2, 0.25) is 0 Å². The summed E-state index contributed by atoms with van der Waals surface area (Å²) in [4.78, 5) is 14.5. The molecule has 1 amide bonds. The van der Waals surface area contributed by atoms with Crippen LogP contribution < -0.4 is 10.1 Å². The van der Waals surface area contributed by atoms with Crippen LogP contribution >= 0.6 is 0 Å². The Hall–Kier alpha value is -2.37. The van der Waals surface area contributed by atoms with E-state index in [4.69, 9.17) is 4.74 Å². The summed E-state index contributed by atoms with van der Waals surface area (Å²) >= 11 is 0. The van der Waals surface area contributed by atoms with Crippen molar-refractivity contribution in [2.45, 2.75) is 64.3 Å². The quantitative estimate of drug-likeness (QED) is 0.642.